The summed E-state index contributed by atoms with van der Waals surface area (Å²) in [6.07, 6.45) is 0. The molecule has 0 aliphatic carbocycles. The summed E-state index contributed by atoms with van der Waals surface area (Å²) >= 11 is 6.04. The molecule has 1 N–H and O–H groups in total. The molecule has 0 bridgehead atoms. The minimum absolute atomic E-state index is 0.0741. The number of hydrogen-bond donors (Lipinski definition) is 1. The van der Waals surface area contributed by atoms with E-state index in [0.29, 0.717) is 4.47 Å². The van der Waals surface area contributed by atoms with E-state index in [9.17, 15) is 19.6 Å². The van der Waals surface area contributed by atoms with Crippen LogP contribution in [0.25, 0.3) is 0 Å². The lowest BCUT2D eigenvalue weighted by atomic mass is 10.2. The molecule has 5 nitrogen and oxygen atoms in total. The zero-order chi connectivity index (χ0) is 14.9. The van der Waals surface area contributed by atoms with Gasteiger partial charge in [-0.25, -0.2) is 4.39 Å². The normalized spacial score (nSPS) is 10.3. The Labute approximate surface area is 129 Å². The molecule has 2 aromatic rings. The summed E-state index contributed by atoms with van der Waals surface area (Å²) in [6, 6.07) is 6.56. The summed E-state index contributed by atoms with van der Waals surface area (Å²) in [5, 5.41) is 20.5. The average molecular weight is 407 g/mol. The molecule has 20 heavy (non-hydrogen) atoms. The van der Waals surface area contributed by atoms with Crippen molar-refractivity contribution in [2.75, 3.05) is 0 Å². The van der Waals surface area contributed by atoms with Crippen LogP contribution in [0.1, 0.15) is 0 Å². The van der Waals surface area contributed by atoms with Crippen LogP contribution in [0.2, 0.25) is 0 Å². The maximum absolute atomic E-state index is 13.8. The maximum Gasteiger partial charge on any atom is 0.312 e. The Morgan fingerprint density at radius 2 is 1.95 bits per heavy atom. The van der Waals surface area contributed by atoms with Crippen molar-refractivity contribution in [3.63, 3.8) is 0 Å². The molecule has 0 aliphatic rings. The molecule has 0 heterocycles. The van der Waals surface area contributed by atoms with E-state index in [1.807, 2.05) is 0 Å². The number of hydrogen-bond acceptors (Lipinski definition) is 4. The van der Waals surface area contributed by atoms with Crippen LogP contribution in [0, 0.1) is 15.9 Å². The Hall–Kier alpha value is -1.67. The van der Waals surface area contributed by atoms with Gasteiger partial charge in [-0.15, -0.1) is 0 Å². The second-order valence-corrected chi connectivity index (χ2v) is 5.45. The summed E-state index contributed by atoms with van der Waals surface area (Å²) in [4.78, 5) is 10.3. The molecule has 8 heteroatoms. The van der Waals surface area contributed by atoms with Gasteiger partial charge >= 0.3 is 5.69 Å². The smallest absolute Gasteiger partial charge is 0.312 e. The van der Waals surface area contributed by atoms with Crippen LogP contribution in [-0.4, -0.2) is 10.0 Å². The third-order valence-corrected chi connectivity index (χ3v) is 3.46. The summed E-state index contributed by atoms with van der Waals surface area (Å²) in [7, 11) is 0. The first-order valence-corrected chi connectivity index (χ1v) is 6.77. The molecule has 0 aromatic heterocycles. The second-order valence-electron chi connectivity index (χ2n) is 3.68. The van der Waals surface area contributed by atoms with E-state index >= 15 is 0 Å². The predicted molar refractivity (Wildman–Crippen MR) is 76.6 cm³/mol. The third-order valence-electron chi connectivity index (χ3n) is 2.36. The van der Waals surface area contributed by atoms with Crippen molar-refractivity contribution < 1.29 is 19.2 Å². The number of rotatable bonds is 3. The Morgan fingerprint density at radius 3 is 2.60 bits per heavy atom. The molecule has 0 saturated heterocycles. The quantitative estimate of drug-likeness (QED) is 0.589. The van der Waals surface area contributed by atoms with Crippen LogP contribution in [0.4, 0.5) is 10.1 Å². The van der Waals surface area contributed by atoms with E-state index in [2.05, 4.69) is 31.9 Å². The van der Waals surface area contributed by atoms with Crippen molar-refractivity contribution in [3.8, 4) is 17.2 Å². The van der Waals surface area contributed by atoms with Crippen LogP contribution in [-0.2, 0) is 0 Å². The summed E-state index contributed by atoms with van der Waals surface area (Å²) < 4.78 is 19.6. The van der Waals surface area contributed by atoms with Gasteiger partial charge in [0.1, 0.15) is 0 Å². The first-order valence-electron chi connectivity index (χ1n) is 5.19. The number of halogens is 3. The molecule has 0 saturated carbocycles. The molecule has 2 aromatic carbocycles. The molecular formula is C12H6Br2FNO4. The van der Waals surface area contributed by atoms with Crippen LogP contribution in [0.5, 0.6) is 17.2 Å². The van der Waals surface area contributed by atoms with Crippen molar-refractivity contribution in [2.45, 2.75) is 0 Å². The van der Waals surface area contributed by atoms with Crippen molar-refractivity contribution in [1.82, 2.24) is 0 Å². The highest BCUT2D eigenvalue weighted by Gasteiger charge is 2.20. The number of aromatic hydroxyl groups is 1. The van der Waals surface area contributed by atoms with Crippen molar-refractivity contribution >= 4 is 37.5 Å². The fraction of sp³-hybridized carbons (Fsp3) is 0. The van der Waals surface area contributed by atoms with E-state index in [1.165, 1.54) is 30.3 Å². The van der Waals surface area contributed by atoms with E-state index < -0.39 is 22.2 Å². The van der Waals surface area contributed by atoms with Crippen LogP contribution < -0.4 is 4.74 Å². The number of nitro groups is 1. The summed E-state index contributed by atoms with van der Waals surface area (Å²) in [5.41, 5.74) is -0.349. The molecule has 0 amide bonds. The lowest BCUT2D eigenvalue weighted by molar-refractivity contribution is -0.385. The van der Waals surface area contributed by atoms with Crippen LogP contribution in [0.3, 0.4) is 0 Å². The van der Waals surface area contributed by atoms with Gasteiger partial charge in [0.05, 0.1) is 9.40 Å². The zero-order valence-corrected chi connectivity index (χ0v) is 12.8. The van der Waals surface area contributed by atoms with Gasteiger partial charge in [0, 0.05) is 10.5 Å². The van der Waals surface area contributed by atoms with Gasteiger partial charge in [-0.1, -0.05) is 15.9 Å². The number of benzene rings is 2. The highest BCUT2D eigenvalue weighted by atomic mass is 79.9. The first kappa shape index (κ1) is 14.7. The fourth-order valence-electron chi connectivity index (χ4n) is 1.45. The highest BCUT2D eigenvalue weighted by Crippen LogP contribution is 2.40. The van der Waals surface area contributed by atoms with Crippen molar-refractivity contribution in [2.24, 2.45) is 0 Å². The van der Waals surface area contributed by atoms with E-state index in [-0.39, 0.29) is 15.9 Å². The van der Waals surface area contributed by atoms with Crippen LogP contribution >= 0.6 is 31.9 Å². The lowest BCUT2D eigenvalue weighted by Gasteiger charge is -2.10. The SMILES string of the molecule is O=[N+]([O-])c1cc(Br)ccc1Oc1c(O)ccc(Br)c1F. The average Bonchev–Trinajstić information content (AvgIpc) is 2.40. The standard InChI is InChI=1S/C12H6Br2FNO4/c13-6-1-4-10(8(5-6)16(18)19)20-12-9(17)3-2-7(14)11(12)15/h1-5,17H. The molecule has 0 spiro atoms. The summed E-state index contributed by atoms with van der Waals surface area (Å²) in [6.45, 7) is 0. The van der Waals surface area contributed by atoms with Gasteiger partial charge in [-0.2, -0.15) is 0 Å². The third kappa shape index (κ3) is 2.91. The lowest BCUT2D eigenvalue weighted by Crippen LogP contribution is -1.95. The topological polar surface area (TPSA) is 72.6 Å². The molecule has 0 radical (unpaired) electrons. The first-order chi connectivity index (χ1) is 9.40. The number of nitro benzene ring substituents is 1. The van der Waals surface area contributed by atoms with Crippen molar-refractivity contribution in [3.05, 3.63) is 55.2 Å². The number of ether oxygens (including phenoxy) is 1. The molecule has 0 fully saturated rings. The van der Waals surface area contributed by atoms with E-state index in [0.717, 1.165) is 0 Å². The van der Waals surface area contributed by atoms with E-state index in [1.54, 1.807) is 0 Å². The number of phenolic OH excluding ortho intramolecular Hbond substituents is 1. The van der Waals surface area contributed by atoms with Gasteiger partial charge in [0.15, 0.2) is 11.6 Å². The molecular weight excluding hydrogens is 401 g/mol. The molecule has 0 aliphatic heterocycles. The molecule has 2 rings (SSSR count). The minimum Gasteiger partial charge on any atom is -0.504 e. The monoisotopic (exact) mass is 405 g/mol. The fourth-order valence-corrected chi connectivity index (χ4v) is 2.11. The van der Waals surface area contributed by atoms with Gasteiger partial charge in [0.25, 0.3) is 0 Å². The molecule has 0 unspecified atom stereocenters. The van der Waals surface area contributed by atoms with Gasteiger partial charge in [-0.05, 0) is 40.2 Å². The largest absolute Gasteiger partial charge is 0.504 e. The van der Waals surface area contributed by atoms with Crippen molar-refractivity contribution in [1.29, 1.82) is 0 Å². The summed E-state index contributed by atoms with van der Waals surface area (Å²) in [5.74, 6) is -1.96. The Balaban J connectivity index is 2.51. The van der Waals surface area contributed by atoms with Gasteiger partial charge in [-0.3, -0.25) is 10.1 Å². The van der Waals surface area contributed by atoms with E-state index in [4.69, 9.17) is 4.74 Å². The Kier molecular flexibility index (Phi) is 4.24. The van der Waals surface area contributed by atoms with Crippen LogP contribution in [0.15, 0.2) is 39.3 Å². The molecule has 0 atom stereocenters. The Bertz CT molecular complexity index is 693. The zero-order valence-electron chi connectivity index (χ0n) is 9.64. The minimum atomic E-state index is -0.845. The number of phenols is 1. The maximum atomic E-state index is 13.8. The van der Waals surface area contributed by atoms with Gasteiger partial charge in [0.2, 0.25) is 11.5 Å². The predicted octanol–water partition coefficient (Wildman–Crippen LogP) is 4.76. The Morgan fingerprint density at radius 1 is 1.25 bits per heavy atom. The highest BCUT2D eigenvalue weighted by molar-refractivity contribution is 9.10. The molecule has 104 valence electrons. The number of nitrogens with zero attached hydrogens (tertiary/aromatic N) is 1. The van der Waals surface area contributed by atoms with Gasteiger partial charge < -0.3 is 9.84 Å². The second kappa shape index (κ2) is 5.76.